The molecule has 1 amide bonds. The maximum absolute atomic E-state index is 11.9. The van der Waals surface area contributed by atoms with Gasteiger partial charge in [-0.3, -0.25) is 10.1 Å². The van der Waals surface area contributed by atoms with E-state index in [0.29, 0.717) is 22.4 Å². The lowest BCUT2D eigenvalue weighted by Gasteiger charge is -2.08. The van der Waals surface area contributed by atoms with Crippen molar-refractivity contribution in [2.75, 3.05) is 19.5 Å². The summed E-state index contributed by atoms with van der Waals surface area (Å²) in [5.74, 6) is 1.47. The average Bonchev–Trinajstić information content (AvgIpc) is 3.37. The van der Waals surface area contributed by atoms with Crippen LogP contribution in [0.3, 0.4) is 0 Å². The second-order valence-corrected chi connectivity index (χ2v) is 6.67. The van der Waals surface area contributed by atoms with E-state index in [1.807, 2.05) is 23.6 Å². The molecule has 0 saturated heterocycles. The molecular weight excluding hydrogens is 398 g/mol. The summed E-state index contributed by atoms with van der Waals surface area (Å²) in [6, 6.07) is 9.03. The Kier molecular flexibility index (Phi) is 6.41. The molecule has 3 rings (SSSR count). The first-order valence-electron chi connectivity index (χ1n) is 8.10. The molecule has 0 bridgehead atoms. The van der Waals surface area contributed by atoms with Crippen LogP contribution in [0.2, 0.25) is 0 Å². The fourth-order valence-corrected chi connectivity index (χ4v) is 3.27. The molecule has 2 aromatic heterocycles. The molecule has 0 saturated carbocycles. The van der Waals surface area contributed by atoms with Crippen LogP contribution in [-0.4, -0.2) is 30.2 Å². The molecule has 9 heteroatoms. The van der Waals surface area contributed by atoms with Gasteiger partial charge < -0.3 is 19.2 Å². The SMILES string of the molecule is COc1ccc(-c2csc(NC(=S)NC(=O)/C=C/c3ccco3)n2)cc1OC. The summed E-state index contributed by atoms with van der Waals surface area (Å²) >= 11 is 6.52. The zero-order valence-corrected chi connectivity index (χ0v) is 16.7. The Hall–Kier alpha value is -3.17. The Morgan fingerprint density at radius 3 is 2.79 bits per heavy atom. The molecule has 0 unspecified atom stereocenters. The highest BCUT2D eigenvalue weighted by atomic mass is 32.1. The van der Waals surface area contributed by atoms with Crippen LogP contribution in [-0.2, 0) is 4.79 Å². The van der Waals surface area contributed by atoms with Gasteiger partial charge in [0, 0.05) is 17.0 Å². The van der Waals surface area contributed by atoms with E-state index in [2.05, 4.69) is 15.6 Å². The molecule has 0 radical (unpaired) electrons. The molecule has 0 aliphatic rings. The molecule has 3 aromatic rings. The average molecular weight is 415 g/mol. The van der Waals surface area contributed by atoms with Crippen LogP contribution in [0, 0.1) is 0 Å². The van der Waals surface area contributed by atoms with Gasteiger partial charge in [0.2, 0.25) is 5.91 Å². The van der Waals surface area contributed by atoms with E-state index in [1.54, 1.807) is 32.4 Å². The number of aromatic nitrogens is 1. The number of rotatable bonds is 6. The van der Waals surface area contributed by atoms with Gasteiger partial charge in [0.1, 0.15) is 5.76 Å². The number of hydrogen-bond acceptors (Lipinski definition) is 7. The van der Waals surface area contributed by atoms with Crippen LogP contribution < -0.4 is 20.1 Å². The monoisotopic (exact) mass is 415 g/mol. The Bertz CT molecular complexity index is 997. The van der Waals surface area contributed by atoms with Crippen LogP contribution in [0.25, 0.3) is 17.3 Å². The normalized spacial score (nSPS) is 10.6. The van der Waals surface area contributed by atoms with Gasteiger partial charge >= 0.3 is 0 Å². The number of carbonyl (C=O) groups excluding carboxylic acids is 1. The number of nitrogens with one attached hydrogen (secondary N) is 2. The Balaban J connectivity index is 1.61. The van der Waals surface area contributed by atoms with E-state index in [1.165, 1.54) is 23.7 Å². The lowest BCUT2D eigenvalue weighted by atomic mass is 10.1. The molecule has 0 aliphatic carbocycles. The van der Waals surface area contributed by atoms with Gasteiger partial charge in [-0.2, -0.15) is 0 Å². The van der Waals surface area contributed by atoms with E-state index >= 15 is 0 Å². The van der Waals surface area contributed by atoms with Gasteiger partial charge in [0.25, 0.3) is 0 Å². The van der Waals surface area contributed by atoms with Crippen LogP contribution in [0.4, 0.5) is 5.13 Å². The van der Waals surface area contributed by atoms with Gasteiger partial charge in [-0.25, -0.2) is 4.98 Å². The Morgan fingerprint density at radius 1 is 1.25 bits per heavy atom. The van der Waals surface area contributed by atoms with Crippen molar-refractivity contribution in [2.45, 2.75) is 0 Å². The van der Waals surface area contributed by atoms with Gasteiger partial charge in [-0.1, -0.05) is 0 Å². The lowest BCUT2D eigenvalue weighted by molar-refractivity contribution is -0.115. The maximum atomic E-state index is 11.9. The first-order chi connectivity index (χ1) is 13.6. The number of carbonyl (C=O) groups is 1. The predicted octanol–water partition coefficient (Wildman–Crippen LogP) is 3.95. The summed E-state index contributed by atoms with van der Waals surface area (Å²) in [4.78, 5) is 16.4. The standard InChI is InChI=1S/C19H17N3O4S2/c1-24-15-7-5-12(10-16(15)25-2)14-11-28-19(20-14)22-18(27)21-17(23)8-6-13-4-3-9-26-13/h3-11H,1-2H3,(H2,20,21,22,23,27)/b8-6+. The van der Waals surface area contributed by atoms with Crippen molar-refractivity contribution in [3.05, 3.63) is 53.8 Å². The summed E-state index contributed by atoms with van der Waals surface area (Å²) in [5.41, 5.74) is 1.62. The quantitative estimate of drug-likeness (QED) is 0.466. The fraction of sp³-hybridized carbons (Fsp3) is 0.105. The van der Waals surface area contributed by atoms with Crippen molar-refractivity contribution in [2.24, 2.45) is 0 Å². The second-order valence-electron chi connectivity index (χ2n) is 5.40. The molecule has 2 N–H and O–H groups in total. The minimum atomic E-state index is -0.370. The van der Waals surface area contributed by atoms with E-state index in [9.17, 15) is 4.79 Å². The van der Waals surface area contributed by atoms with E-state index < -0.39 is 0 Å². The number of methoxy groups -OCH3 is 2. The van der Waals surface area contributed by atoms with Crippen LogP contribution in [0.15, 0.2) is 52.5 Å². The van der Waals surface area contributed by atoms with Crippen molar-refractivity contribution < 1.29 is 18.7 Å². The van der Waals surface area contributed by atoms with Crippen molar-refractivity contribution >= 4 is 45.8 Å². The van der Waals surface area contributed by atoms with Crippen molar-refractivity contribution in [1.82, 2.24) is 10.3 Å². The van der Waals surface area contributed by atoms with E-state index in [-0.39, 0.29) is 11.0 Å². The number of thiocarbonyl (C=S) groups is 1. The number of amides is 1. The van der Waals surface area contributed by atoms with Gasteiger partial charge in [-0.15, -0.1) is 11.3 Å². The number of furan rings is 1. The maximum Gasteiger partial charge on any atom is 0.250 e. The minimum Gasteiger partial charge on any atom is -0.493 e. The van der Waals surface area contributed by atoms with Crippen LogP contribution in [0.1, 0.15) is 5.76 Å². The Morgan fingerprint density at radius 2 is 2.07 bits per heavy atom. The number of thiazole rings is 1. The van der Waals surface area contributed by atoms with Crippen molar-refractivity contribution in [3.8, 4) is 22.8 Å². The second kappa shape index (κ2) is 9.16. The lowest BCUT2D eigenvalue weighted by Crippen LogP contribution is -2.32. The molecule has 1 aromatic carbocycles. The van der Waals surface area contributed by atoms with E-state index in [4.69, 9.17) is 26.1 Å². The minimum absolute atomic E-state index is 0.155. The van der Waals surface area contributed by atoms with Crippen molar-refractivity contribution in [3.63, 3.8) is 0 Å². The number of nitrogens with zero attached hydrogens (tertiary/aromatic N) is 1. The highest BCUT2D eigenvalue weighted by Gasteiger charge is 2.10. The molecule has 0 aliphatic heterocycles. The first-order valence-corrected chi connectivity index (χ1v) is 9.39. The number of ether oxygens (including phenoxy) is 2. The highest BCUT2D eigenvalue weighted by molar-refractivity contribution is 7.80. The fourth-order valence-electron chi connectivity index (χ4n) is 2.29. The highest BCUT2D eigenvalue weighted by Crippen LogP contribution is 2.33. The largest absolute Gasteiger partial charge is 0.493 e. The molecule has 0 atom stereocenters. The molecule has 7 nitrogen and oxygen atoms in total. The number of anilines is 1. The molecular formula is C19H17N3O4S2. The third kappa shape index (κ3) is 4.96. The number of hydrogen-bond donors (Lipinski definition) is 2. The zero-order valence-electron chi connectivity index (χ0n) is 15.1. The molecule has 2 heterocycles. The summed E-state index contributed by atoms with van der Waals surface area (Å²) in [7, 11) is 3.17. The third-order valence-electron chi connectivity index (χ3n) is 3.58. The first kappa shape index (κ1) is 19.6. The zero-order chi connectivity index (χ0) is 19.9. The molecule has 144 valence electrons. The third-order valence-corrected chi connectivity index (χ3v) is 4.54. The summed E-state index contributed by atoms with van der Waals surface area (Å²) in [6.07, 6.45) is 4.42. The molecule has 0 fully saturated rings. The molecule has 0 spiro atoms. The number of benzene rings is 1. The van der Waals surface area contributed by atoms with Crippen LogP contribution in [0.5, 0.6) is 11.5 Å². The van der Waals surface area contributed by atoms with Gasteiger partial charge in [-0.05, 0) is 48.6 Å². The summed E-state index contributed by atoms with van der Waals surface area (Å²) in [5, 5.41) is 8.05. The van der Waals surface area contributed by atoms with Gasteiger partial charge in [0.05, 0.1) is 26.2 Å². The van der Waals surface area contributed by atoms with Crippen LogP contribution >= 0.6 is 23.6 Å². The molecule has 28 heavy (non-hydrogen) atoms. The van der Waals surface area contributed by atoms with E-state index in [0.717, 1.165) is 11.3 Å². The van der Waals surface area contributed by atoms with Gasteiger partial charge in [0.15, 0.2) is 21.7 Å². The smallest absolute Gasteiger partial charge is 0.250 e. The summed E-state index contributed by atoms with van der Waals surface area (Å²) < 4.78 is 15.7. The topological polar surface area (TPSA) is 85.6 Å². The predicted molar refractivity (Wildman–Crippen MR) is 113 cm³/mol. The van der Waals surface area contributed by atoms with Crippen molar-refractivity contribution in [1.29, 1.82) is 0 Å². The Labute approximate surface area is 171 Å². The summed E-state index contributed by atoms with van der Waals surface area (Å²) in [6.45, 7) is 0.